The Bertz CT molecular complexity index is 134. The van der Waals surface area contributed by atoms with Gasteiger partial charge in [0.2, 0.25) is 0 Å². The van der Waals surface area contributed by atoms with Gasteiger partial charge >= 0.3 is 0 Å². The molecule has 60 valence electrons. The normalized spacial score (nSPS) is 9.78. The van der Waals surface area contributed by atoms with Crippen molar-refractivity contribution >= 4 is 10.1 Å². The van der Waals surface area contributed by atoms with E-state index >= 15 is 0 Å². The first-order chi connectivity index (χ1) is 2.94. The molecule has 0 spiro atoms. The van der Waals surface area contributed by atoms with Gasteiger partial charge in [-0.25, -0.2) is 8.42 Å². The Kier molecular flexibility index (Phi) is 8.44. The minimum Gasteiger partial charge on any atom is -0.748 e. The van der Waals surface area contributed by atoms with Gasteiger partial charge in [0, 0.05) is 5.25 Å². The van der Waals surface area contributed by atoms with Crippen LogP contribution in [0.25, 0.3) is 0 Å². The van der Waals surface area contributed by atoms with Gasteiger partial charge in [-0.05, 0) is 13.8 Å². The molecule has 4 heteroatoms. The van der Waals surface area contributed by atoms with Gasteiger partial charge in [-0.1, -0.05) is 14.9 Å². The largest absolute Gasteiger partial charge is 0.748 e. The van der Waals surface area contributed by atoms with Gasteiger partial charge < -0.3 is 4.55 Å². The standard InChI is InChI=1S/C3H8O3S.2CH4/c1-3(2)7(4,5)6;;/h3H,1-2H3,(H,4,5,6);2*1H4/p-1. The number of hydrogen-bond acceptors (Lipinski definition) is 3. The van der Waals surface area contributed by atoms with Crippen molar-refractivity contribution in [3.63, 3.8) is 0 Å². The molecule has 0 aliphatic rings. The molecule has 0 aliphatic heterocycles. The van der Waals surface area contributed by atoms with Crippen LogP contribution < -0.4 is 0 Å². The van der Waals surface area contributed by atoms with Crippen molar-refractivity contribution in [2.45, 2.75) is 34.0 Å². The molecule has 0 radical (unpaired) electrons. The molecule has 0 aromatic carbocycles. The summed E-state index contributed by atoms with van der Waals surface area (Å²) in [5.41, 5.74) is 0. The van der Waals surface area contributed by atoms with Crippen LogP contribution in [0, 0.1) is 0 Å². The Morgan fingerprint density at radius 3 is 1.33 bits per heavy atom. The van der Waals surface area contributed by atoms with Crippen LogP contribution in [-0.4, -0.2) is 18.2 Å². The van der Waals surface area contributed by atoms with E-state index in [2.05, 4.69) is 0 Å². The second-order valence-corrected chi connectivity index (χ2v) is 3.47. The fraction of sp³-hybridized carbons (Fsp3) is 1.00. The van der Waals surface area contributed by atoms with Crippen molar-refractivity contribution in [1.82, 2.24) is 0 Å². The van der Waals surface area contributed by atoms with Crippen molar-refractivity contribution < 1.29 is 13.0 Å². The predicted octanol–water partition coefficient (Wildman–Crippen LogP) is 1.21. The first-order valence-electron chi connectivity index (χ1n) is 1.89. The molecular formula is C5H15O3S-. The Balaban J connectivity index is -0.000000180. The lowest BCUT2D eigenvalue weighted by Crippen LogP contribution is -2.11. The highest BCUT2D eigenvalue weighted by molar-refractivity contribution is 7.86. The fourth-order valence-electron chi connectivity index (χ4n) is 0. The molecule has 0 aromatic heterocycles. The molecule has 0 rings (SSSR count). The minimum atomic E-state index is -3.99. The third-order valence-electron chi connectivity index (χ3n) is 0.577. The first-order valence-corrected chi connectivity index (χ1v) is 3.36. The Morgan fingerprint density at radius 2 is 1.33 bits per heavy atom. The van der Waals surface area contributed by atoms with E-state index in [0.717, 1.165) is 0 Å². The van der Waals surface area contributed by atoms with Crippen molar-refractivity contribution in [2.24, 2.45) is 0 Å². The highest BCUT2D eigenvalue weighted by Gasteiger charge is 1.98. The zero-order valence-corrected chi connectivity index (χ0v) is 5.03. The smallest absolute Gasteiger partial charge is 0.0969 e. The monoisotopic (exact) mass is 155 g/mol. The van der Waals surface area contributed by atoms with E-state index in [9.17, 15) is 13.0 Å². The van der Waals surface area contributed by atoms with Gasteiger partial charge in [-0.2, -0.15) is 0 Å². The van der Waals surface area contributed by atoms with Crippen LogP contribution in [0.3, 0.4) is 0 Å². The van der Waals surface area contributed by atoms with E-state index in [1.165, 1.54) is 13.8 Å². The molecule has 0 saturated heterocycles. The molecule has 0 bridgehead atoms. The quantitative estimate of drug-likeness (QED) is 0.535. The van der Waals surface area contributed by atoms with Crippen LogP contribution in [0.2, 0.25) is 0 Å². The molecule has 0 atom stereocenters. The Labute approximate surface area is 57.8 Å². The van der Waals surface area contributed by atoms with Crippen molar-refractivity contribution in [3.05, 3.63) is 0 Å². The summed E-state index contributed by atoms with van der Waals surface area (Å²) in [6, 6.07) is 0. The van der Waals surface area contributed by atoms with Crippen molar-refractivity contribution in [1.29, 1.82) is 0 Å². The highest BCUT2D eigenvalue weighted by Crippen LogP contribution is 1.91. The van der Waals surface area contributed by atoms with Crippen molar-refractivity contribution in [2.75, 3.05) is 0 Å². The molecule has 0 saturated carbocycles. The van der Waals surface area contributed by atoms with Gasteiger partial charge in [0.25, 0.3) is 0 Å². The van der Waals surface area contributed by atoms with Gasteiger partial charge in [0.15, 0.2) is 0 Å². The third-order valence-corrected chi connectivity index (χ3v) is 1.73. The summed E-state index contributed by atoms with van der Waals surface area (Å²) in [5, 5.41) is -0.785. The SMILES string of the molecule is C.C.CC(C)S(=O)(=O)[O-]. The summed E-state index contributed by atoms with van der Waals surface area (Å²) in [6.07, 6.45) is 0. The third kappa shape index (κ3) is 7.91. The molecular weight excluding hydrogens is 140 g/mol. The minimum absolute atomic E-state index is 0. The topological polar surface area (TPSA) is 57.2 Å². The molecule has 0 amide bonds. The van der Waals surface area contributed by atoms with E-state index in [1.54, 1.807) is 0 Å². The molecule has 0 N–H and O–H groups in total. The molecule has 3 nitrogen and oxygen atoms in total. The molecule has 0 aromatic rings. The highest BCUT2D eigenvalue weighted by atomic mass is 32.2. The van der Waals surface area contributed by atoms with E-state index in [-0.39, 0.29) is 14.9 Å². The van der Waals surface area contributed by atoms with Gasteiger partial charge in [0.05, 0.1) is 10.1 Å². The lowest BCUT2D eigenvalue weighted by atomic mass is 10.6. The summed E-state index contributed by atoms with van der Waals surface area (Å²) in [6.45, 7) is 2.70. The van der Waals surface area contributed by atoms with Gasteiger partial charge in [-0.15, -0.1) is 0 Å². The summed E-state index contributed by atoms with van der Waals surface area (Å²) in [4.78, 5) is 0. The molecule has 0 aliphatic carbocycles. The summed E-state index contributed by atoms with van der Waals surface area (Å²) >= 11 is 0. The molecule has 0 unspecified atom stereocenters. The van der Waals surface area contributed by atoms with Crippen LogP contribution in [-0.2, 0) is 10.1 Å². The molecule has 9 heavy (non-hydrogen) atoms. The maximum absolute atomic E-state index is 9.78. The zero-order valence-electron chi connectivity index (χ0n) is 4.21. The average molecular weight is 155 g/mol. The van der Waals surface area contributed by atoms with Gasteiger partial charge in [-0.3, -0.25) is 0 Å². The van der Waals surface area contributed by atoms with E-state index in [1.807, 2.05) is 0 Å². The molecule has 0 fully saturated rings. The summed E-state index contributed by atoms with van der Waals surface area (Å²) in [5.74, 6) is 0. The van der Waals surface area contributed by atoms with E-state index < -0.39 is 15.4 Å². The second kappa shape index (κ2) is 4.76. The Morgan fingerprint density at radius 1 is 1.22 bits per heavy atom. The second-order valence-electron chi connectivity index (χ2n) is 1.54. The van der Waals surface area contributed by atoms with Crippen LogP contribution in [0.4, 0.5) is 0 Å². The fourth-order valence-corrected chi connectivity index (χ4v) is 0. The van der Waals surface area contributed by atoms with Crippen LogP contribution in [0.15, 0.2) is 0 Å². The van der Waals surface area contributed by atoms with Crippen molar-refractivity contribution in [3.8, 4) is 0 Å². The van der Waals surface area contributed by atoms with Crippen LogP contribution in [0.1, 0.15) is 28.7 Å². The number of rotatable bonds is 1. The lowest BCUT2D eigenvalue weighted by Gasteiger charge is -2.08. The summed E-state index contributed by atoms with van der Waals surface area (Å²) < 4.78 is 29.3. The maximum Gasteiger partial charge on any atom is 0.0969 e. The Hall–Kier alpha value is -0.0900. The first kappa shape index (κ1) is 16.0. The maximum atomic E-state index is 9.78. The van der Waals surface area contributed by atoms with E-state index in [0.29, 0.717) is 0 Å². The van der Waals surface area contributed by atoms with E-state index in [4.69, 9.17) is 0 Å². The predicted molar refractivity (Wildman–Crippen MR) is 38.3 cm³/mol. The molecule has 0 heterocycles. The average Bonchev–Trinajstić information content (AvgIpc) is 1.31. The summed E-state index contributed by atoms with van der Waals surface area (Å²) in [7, 11) is -3.99. The zero-order chi connectivity index (χ0) is 6.08. The van der Waals surface area contributed by atoms with Crippen LogP contribution in [0.5, 0.6) is 0 Å². The lowest BCUT2D eigenvalue weighted by molar-refractivity contribution is 0.454. The van der Waals surface area contributed by atoms with Gasteiger partial charge in [0.1, 0.15) is 0 Å². The van der Waals surface area contributed by atoms with Crippen LogP contribution >= 0.6 is 0 Å². The number of hydrogen-bond donors (Lipinski definition) is 0.